The summed E-state index contributed by atoms with van der Waals surface area (Å²) < 4.78 is 0. The molecule has 0 spiro atoms. The lowest BCUT2D eigenvalue weighted by Gasteiger charge is -2.24. The van der Waals surface area contributed by atoms with Gasteiger partial charge in [-0.3, -0.25) is 0 Å². The van der Waals surface area contributed by atoms with Crippen LogP contribution in [0.15, 0.2) is 146 Å². The molecule has 5 aromatic rings. The lowest BCUT2D eigenvalue weighted by atomic mass is 9.82. The van der Waals surface area contributed by atoms with E-state index in [0.29, 0.717) is 18.4 Å². The minimum atomic E-state index is 0. The highest BCUT2D eigenvalue weighted by atomic mass is 16.3. The number of benzene rings is 5. The van der Waals surface area contributed by atoms with Crippen LogP contribution in [0.3, 0.4) is 0 Å². The standard InChI is InChI=1S/C16H18.C11H16.C10H20.C10H14.C9H18.C9H12.C7H16.C6H14.C5H12O.C5H12.C4H10.11CH4/c1-13(2)12-14-8-10-16(11-9-14)15-6-4-3-5-7-15;1-10(2)8-9-11-6-4-3-5-7-11;2*1-9(2)8-10-6-4-3-5-7-10;2*1-8(2)9-6-4-3-5-7-9;1-5-7(4)6(2)3;1-4-5-6(2)3;1-5(2)3-4-6;1-4-5(2)3;1-4(2)3;;;;;;;;;;;/h3-11,13H,12H2,1-2H3;3-7,10H,8-9H2,1-2H3;9-10H,3-8H2,1-2H3;3-7,9H,8H2,1-2H3;8-9H,3-7H2,1-2H3;3-8H,1-2H3;6-7H,5H2,1-4H3;6H,4-5H2,1-3H3;5-6H,3-4H2,1-2H3;5H,4H2,1-3H3;4H,1-3H3;11*1H4/t;;;;;;7-;;;;;;;;;;;;;;;/m......0.............../s1. The molecule has 104 heavy (non-hydrogen) atoms. The minimum absolute atomic E-state index is 0. The van der Waals surface area contributed by atoms with Gasteiger partial charge < -0.3 is 5.11 Å². The maximum absolute atomic E-state index is 8.24. The van der Waals surface area contributed by atoms with E-state index in [9.17, 15) is 0 Å². The van der Waals surface area contributed by atoms with E-state index in [-0.39, 0.29) is 81.7 Å². The fourth-order valence-corrected chi connectivity index (χ4v) is 10.2. The molecule has 2 fully saturated rings. The number of aliphatic hydroxyl groups excluding tert-OH is 1. The highest BCUT2D eigenvalue weighted by molar-refractivity contribution is 5.63. The second-order valence-electron chi connectivity index (χ2n) is 31.8. The van der Waals surface area contributed by atoms with Crippen molar-refractivity contribution in [3.63, 3.8) is 0 Å². The molecule has 2 saturated carbocycles. The first kappa shape index (κ1) is 136. The predicted octanol–water partition coefficient (Wildman–Crippen LogP) is 37.2. The first-order valence-electron chi connectivity index (χ1n) is 38.8. The van der Waals surface area contributed by atoms with Crippen LogP contribution >= 0.6 is 0 Å². The van der Waals surface area contributed by atoms with Gasteiger partial charge in [0.2, 0.25) is 0 Å². The van der Waals surface area contributed by atoms with Crippen molar-refractivity contribution < 1.29 is 5.11 Å². The monoisotopic (exact) mass is 1460 g/mol. The summed E-state index contributed by atoms with van der Waals surface area (Å²) in [5.74, 6) is 12.0. The van der Waals surface area contributed by atoms with Gasteiger partial charge in [-0.25, -0.2) is 0 Å². The third kappa shape index (κ3) is 98.1. The van der Waals surface area contributed by atoms with E-state index < -0.39 is 0 Å². The molecule has 0 radical (unpaired) electrons. The van der Waals surface area contributed by atoms with E-state index in [1.165, 1.54) is 149 Å². The van der Waals surface area contributed by atoms with Crippen LogP contribution in [0.2, 0.25) is 0 Å². The summed E-state index contributed by atoms with van der Waals surface area (Å²) in [6.07, 6.45) is 27.6. The normalized spacial score (nSPS) is 11.7. The number of hydrogen-bond donors (Lipinski definition) is 1. The van der Waals surface area contributed by atoms with Crippen molar-refractivity contribution in [3.05, 3.63) is 168 Å². The zero-order valence-electron chi connectivity index (χ0n) is 67.2. The van der Waals surface area contributed by atoms with Crippen molar-refractivity contribution >= 4 is 0 Å². The Morgan fingerprint density at radius 2 is 0.654 bits per heavy atom. The molecule has 1 atom stereocenters. The zero-order valence-corrected chi connectivity index (χ0v) is 67.2. The quantitative estimate of drug-likeness (QED) is 0.0874. The molecule has 2 aliphatic carbocycles. The van der Waals surface area contributed by atoms with Crippen molar-refractivity contribution in [1.29, 1.82) is 0 Å². The lowest BCUT2D eigenvalue weighted by molar-refractivity contribution is 0.268. The Bertz CT molecular complexity index is 2150. The molecule has 0 amide bonds. The molecule has 1 N–H and O–H groups in total. The van der Waals surface area contributed by atoms with Crippen molar-refractivity contribution in [2.75, 3.05) is 6.61 Å². The van der Waals surface area contributed by atoms with Gasteiger partial charge in [-0.05, 0) is 155 Å². The smallest absolute Gasteiger partial charge is 0.0433 e. The molecule has 0 aliphatic heterocycles. The van der Waals surface area contributed by atoms with Crippen molar-refractivity contribution in [3.8, 4) is 11.1 Å². The second-order valence-corrected chi connectivity index (χ2v) is 31.8. The van der Waals surface area contributed by atoms with E-state index in [1.54, 1.807) is 0 Å². The average Bonchev–Trinajstić information content (AvgIpc) is 0.866. The number of aliphatic hydroxyl groups is 1. The maximum atomic E-state index is 8.24. The van der Waals surface area contributed by atoms with Crippen molar-refractivity contribution in [2.45, 2.75) is 403 Å². The van der Waals surface area contributed by atoms with Crippen LogP contribution in [-0.2, 0) is 19.3 Å². The van der Waals surface area contributed by atoms with Gasteiger partial charge in [0.1, 0.15) is 0 Å². The maximum Gasteiger partial charge on any atom is 0.0433 e. The summed E-state index contributed by atoms with van der Waals surface area (Å²) in [6.45, 7) is 60.8. The van der Waals surface area contributed by atoms with Gasteiger partial charge in [-0.15, -0.1) is 0 Å². The van der Waals surface area contributed by atoms with Gasteiger partial charge in [0.25, 0.3) is 0 Å². The minimum Gasteiger partial charge on any atom is -0.396 e. The molecule has 0 saturated heterocycles. The van der Waals surface area contributed by atoms with Crippen LogP contribution in [0, 0.1) is 76.9 Å². The average molecular weight is 1460 g/mol. The third-order valence-electron chi connectivity index (χ3n) is 16.8. The lowest BCUT2D eigenvalue weighted by Crippen LogP contribution is -2.12. The molecular weight excluding hydrogens is 1250 g/mol. The van der Waals surface area contributed by atoms with Crippen LogP contribution < -0.4 is 0 Å². The Morgan fingerprint density at radius 1 is 0.327 bits per heavy atom. The van der Waals surface area contributed by atoms with Gasteiger partial charge in [-0.2, -0.15) is 0 Å². The summed E-state index contributed by atoms with van der Waals surface area (Å²) in [6, 6.07) is 51.2. The van der Waals surface area contributed by atoms with E-state index in [0.717, 1.165) is 83.9 Å². The molecule has 7 rings (SSSR count). The molecule has 5 aromatic carbocycles. The van der Waals surface area contributed by atoms with Crippen LogP contribution in [0.25, 0.3) is 11.1 Å². The Labute approximate surface area is 666 Å². The molecule has 1 nitrogen and oxygen atoms in total. The molecule has 0 unspecified atom stereocenters. The van der Waals surface area contributed by atoms with Gasteiger partial charge in [-0.1, -0.05) is 504 Å². The number of hydrogen-bond acceptors (Lipinski definition) is 1. The summed E-state index contributed by atoms with van der Waals surface area (Å²) in [5, 5.41) is 8.24. The van der Waals surface area contributed by atoms with Crippen LogP contribution in [0.4, 0.5) is 0 Å². The predicted molar refractivity (Wildman–Crippen MR) is 503 cm³/mol. The Kier molecular flexibility index (Phi) is 122. The van der Waals surface area contributed by atoms with Crippen LogP contribution in [0.1, 0.15) is 406 Å². The molecule has 624 valence electrons. The summed E-state index contributed by atoms with van der Waals surface area (Å²) in [7, 11) is 0. The van der Waals surface area contributed by atoms with Crippen molar-refractivity contribution in [2.24, 2.45) is 76.9 Å². The highest BCUT2D eigenvalue weighted by Gasteiger charge is 2.16. The van der Waals surface area contributed by atoms with E-state index in [2.05, 4.69) is 326 Å². The molecule has 0 bridgehead atoms. The van der Waals surface area contributed by atoms with Gasteiger partial charge in [0, 0.05) is 6.61 Å². The number of rotatable bonds is 19. The Balaban J connectivity index is -0.0000000649. The first-order chi connectivity index (χ1) is 43.9. The number of aryl methyl sites for hydroxylation is 1. The van der Waals surface area contributed by atoms with Crippen LogP contribution in [-0.4, -0.2) is 11.7 Å². The second kappa shape index (κ2) is 93.3. The van der Waals surface area contributed by atoms with E-state index in [1.807, 2.05) is 6.07 Å². The molecule has 0 heterocycles. The van der Waals surface area contributed by atoms with Gasteiger partial charge in [0.05, 0.1) is 0 Å². The topological polar surface area (TPSA) is 20.2 Å². The molecule has 2 aliphatic rings. The van der Waals surface area contributed by atoms with Crippen LogP contribution in [0.5, 0.6) is 0 Å². The van der Waals surface area contributed by atoms with E-state index in [4.69, 9.17) is 5.11 Å². The molecular formula is C103H206O. The van der Waals surface area contributed by atoms with E-state index >= 15 is 0 Å². The van der Waals surface area contributed by atoms with Gasteiger partial charge in [0.15, 0.2) is 0 Å². The summed E-state index contributed by atoms with van der Waals surface area (Å²) >= 11 is 0. The molecule has 0 aromatic heterocycles. The summed E-state index contributed by atoms with van der Waals surface area (Å²) in [4.78, 5) is 0. The zero-order chi connectivity index (χ0) is 71.4. The Morgan fingerprint density at radius 3 is 0.894 bits per heavy atom. The SMILES string of the molecule is C.C.C.C.C.C.C.C.C.C.C.CC(C)C.CC(C)C1CCCCC1.CC(C)CC1CCCCC1.CC(C)CCO.CC(C)CCc1ccccc1.CC(C)Cc1ccc(-c2ccccc2)cc1.CC(C)Cc1ccccc1.CC(C)c1ccccc1.CCC(C)C.CCCC(C)C.CC[C@H](C)C(C)C. The highest BCUT2D eigenvalue weighted by Crippen LogP contribution is 2.30. The molecule has 1 heteroatoms. The Hall–Kier alpha value is -3.94. The first-order valence-corrected chi connectivity index (χ1v) is 38.8. The largest absolute Gasteiger partial charge is 0.396 e. The summed E-state index contributed by atoms with van der Waals surface area (Å²) in [5.41, 5.74) is 8.33. The third-order valence-corrected chi connectivity index (χ3v) is 16.8. The van der Waals surface area contributed by atoms with Crippen molar-refractivity contribution in [1.82, 2.24) is 0 Å². The fraction of sp³-hybridized carbons (Fsp3) is 0.709. The fourth-order valence-electron chi connectivity index (χ4n) is 10.2. The van der Waals surface area contributed by atoms with Gasteiger partial charge >= 0.3 is 0 Å².